The van der Waals surface area contributed by atoms with Crippen LogP contribution in [0, 0.1) is 0 Å². The average molecular weight is 291 g/mol. The molecule has 0 aliphatic carbocycles. The standard InChI is InChI=1S/C16H25N3O2/c1-16(2,3)17-11-10-15(21)19(4)12-14(20)18-13-8-6-5-7-9-13/h5-9,17H,10-12H2,1-4H3,(H,18,20). The third-order valence-electron chi connectivity index (χ3n) is 2.86. The maximum absolute atomic E-state index is 11.9. The van der Waals surface area contributed by atoms with Crippen LogP contribution >= 0.6 is 0 Å². The summed E-state index contributed by atoms with van der Waals surface area (Å²) < 4.78 is 0. The van der Waals surface area contributed by atoms with Gasteiger partial charge in [0.15, 0.2) is 0 Å². The van der Waals surface area contributed by atoms with Crippen molar-refractivity contribution in [3.8, 4) is 0 Å². The Balaban J connectivity index is 2.33. The zero-order chi connectivity index (χ0) is 15.9. The Hall–Kier alpha value is -1.88. The van der Waals surface area contributed by atoms with Gasteiger partial charge in [-0.25, -0.2) is 0 Å². The minimum atomic E-state index is -0.194. The van der Waals surface area contributed by atoms with Crippen LogP contribution in [-0.4, -0.2) is 42.4 Å². The molecular formula is C16H25N3O2. The number of benzene rings is 1. The number of carbonyl (C=O) groups is 2. The second kappa shape index (κ2) is 7.78. The van der Waals surface area contributed by atoms with E-state index in [1.54, 1.807) is 7.05 Å². The van der Waals surface area contributed by atoms with Crippen LogP contribution in [0.25, 0.3) is 0 Å². The summed E-state index contributed by atoms with van der Waals surface area (Å²) in [4.78, 5) is 25.2. The number of nitrogens with one attached hydrogen (secondary N) is 2. The fraction of sp³-hybridized carbons (Fsp3) is 0.500. The quantitative estimate of drug-likeness (QED) is 0.841. The molecule has 0 saturated carbocycles. The molecule has 0 bridgehead atoms. The third kappa shape index (κ3) is 7.46. The minimum Gasteiger partial charge on any atom is -0.336 e. The predicted molar refractivity (Wildman–Crippen MR) is 85.1 cm³/mol. The molecule has 5 nitrogen and oxygen atoms in total. The molecular weight excluding hydrogens is 266 g/mol. The lowest BCUT2D eigenvalue weighted by Gasteiger charge is -2.22. The number of hydrogen-bond acceptors (Lipinski definition) is 3. The van der Waals surface area contributed by atoms with E-state index in [2.05, 4.69) is 31.4 Å². The van der Waals surface area contributed by atoms with E-state index in [0.717, 1.165) is 5.69 Å². The normalized spacial score (nSPS) is 11.0. The number of hydrogen-bond donors (Lipinski definition) is 2. The van der Waals surface area contributed by atoms with Crippen LogP contribution in [0.4, 0.5) is 5.69 Å². The summed E-state index contributed by atoms with van der Waals surface area (Å²) in [6, 6.07) is 9.21. The van der Waals surface area contributed by atoms with Gasteiger partial charge in [0.1, 0.15) is 0 Å². The van der Waals surface area contributed by atoms with Crippen LogP contribution in [0.3, 0.4) is 0 Å². The van der Waals surface area contributed by atoms with Crippen LogP contribution < -0.4 is 10.6 Å². The molecule has 21 heavy (non-hydrogen) atoms. The number of likely N-dealkylation sites (N-methyl/N-ethyl adjacent to an activating group) is 1. The molecule has 0 spiro atoms. The number of nitrogens with zero attached hydrogens (tertiary/aromatic N) is 1. The monoisotopic (exact) mass is 291 g/mol. The van der Waals surface area contributed by atoms with E-state index in [1.807, 2.05) is 30.3 Å². The SMILES string of the molecule is CN(CC(=O)Nc1ccccc1)C(=O)CCNC(C)(C)C. The second-order valence-corrected chi connectivity index (χ2v) is 6.09. The Morgan fingerprint density at radius 1 is 1.14 bits per heavy atom. The molecule has 0 aliphatic rings. The van der Waals surface area contributed by atoms with Gasteiger partial charge in [-0.1, -0.05) is 18.2 Å². The Morgan fingerprint density at radius 3 is 2.33 bits per heavy atom. The predicted octanol–water partition coefficient (Wildman–Crippen LogP) is 1.86. The highest BCUT2D eigenvalue weighted by Gasteiger charge is 2.14. The Kier molecular flexibility index (Phi) is 6.37. The molecule has 116 valence electrons. The first-order valence-electron chi connectivity index (χ1n) is 7.12. The van der Waals surface area contributed by atoms with Crippen LogP contribution in [-0.2, 0) is 9.59 Å². The van der Waals surface area contributed by atoms with E-state index in [4.69, 9.17) is 0 Å². The molecule has 5 heteroatoms. The van der Waals surface area contributed by atoms with Crippen molar-refractivity contribution in [3.63, 3.8) is 0 Å². The topological polar surface area (TPSA) is 61.4 Å². The van der Waals surface area contributed by atoms with Gasteiger partial charge in [-0.05, 0) is 32.9 Å². The summed E-state index contributed by atoms with van der Waals surface area (Å²) in [6.45, 7) is 6.81. The first-order valence-corrected chi connectivity index (χ1v) is 7.12. The highest BCUT2D eigenvalue weighted by Crippen LogP contribution is 2.05. The van der Waals surface area contributed by atoms with E-state index >= 15 is 0 Å². The fourth-order valence-electron chi connectivity index (χ4n) is 1.76. The molecule has 0 fully saturated rings. The Bertz CT molecular complexity index is 466. The van der Waals surface area contributed by atoms with Gasteiger partial charge in [0.2, 0.25) is 11.8 Å². The molecule has 0 aromatic heterocycles. The van der Waals surface area contributed by atoms with Gasteiger partial charge in [-0.2, -0.15) is 0 Å². The molecule has 0 unspecified atom stereocenters. The van der Waals surface area contributed by atoms with Gasteiger partial charge in [0.05, 0.1) is 6.54 Å². The summed E-state index contributed by atoms with van der Waals surface area (Å²) in [5.41, 5.74) is 0.724. The van der Waals surface area contributed by atoms with Crippen molar-refractivity contribution in [1.82, 2.24) is 10.2 Å². The van der Waals surface area contributed by atoms with Gasteiger partial charge < -0.3 is 15.5 Å². The maximum Gasteiger partial charge on any atom is 0.243 e. The number of para-hydroxylation sites is 1. The first kappa shape index (κ1) is 17.2. The van der Waals surface area contributed by atoms with Gasteiger partial charge >= 0.3 is 0 Å². The first-order chi connectivity index (χ1) is 9.78. The molecule has 0 heterocycles. The van der Waals surface area contributed by atoms with Crippen molar-refractivity contribution < 1.29 is 9.59 Å². The van der Waals surface area contributed by atoms with Crippen molar-refractivity contribution in [1.29, 1.82) is 0 Å². The lowest BCUT2D eigenvalue weighted by molar-refractivity contribution is -0.133. The van der Waals surface area contributed by atoms with E-state index < -0.39 is 0 Å². The Morgan fingerprint density at radius 2 is 1.76 bits per heavy atom. The number of anilines is 1. The summed E-state index contributed by atoms with van der Waals surface area (Å²) in [7, 11) is 1.64. The van der Waals surface area contributed by atoms with Crippen LogP contribution in [0.1, 0.15) is 27.2 Å². The minimum absolute atomic E-state index is 0.0104. The summed E-state index contributed by atoms with van der Waals surface area (Å²) in [6.07, 6.45) is 0.381. The molecule has 1 aromatic carbocycles. The zero-order valence-electron chi connectivity index (χ0n) is 13.3. The van der Waals surface area contributed by atoms with Gasteiger partial charge in [0, 0.05) is 31.2 Å². The molecule has 2 N–H and O–H groups in total. The maximum atomic E-state index is 11.9. The zero-order valence-corrected chi connectivity index (χ0v) is 13.3. The number of rotatable bonds is 6. The average Bonchev–Trinajstić information content (AvgIpc) is 2.38. The molecule has 0 atom stereocenters. The molecule has 0 aliphatic heterocycles. The highest BCUT2D eigenvalue weighted by atomic mass is 16.2. The number of amides is 2. The van der Waals surface area contributed by atoms with Crippen molar-refractivity contribution in [3.05, 3.63) is 30.3 Å². The Labute approximate surface area is 126 Å². The van der Waals surface area contributed by atoms with Crippen molar-refractivity contribution in [2.75, 3.05) is 25.5 Å². The lowest BCUT2D eigenvalue weighted by atomic mass is 10.1. The van der Waals surface area contributed by atoms with Gasteiger partial charge in [-0.15, -0.1) is 0 Å². The van der Waals surface area contributed by atoms with E-state index in [-0.39, 0.29) is 23.9 Å². The van der Waals surface area contributed by atoms with Gasteiger partial charge in [-0.3, -0.25) is 9.59 Å². The van der Waals surface area contributed by atoms with E-state index in [1.165, 1.54) is 4.90 Å². The van der Waals surface area contributed by atoms with Crippen LogP contribution in [0.15, 0.2) is 30.3 Å². The van der Waals surface area contributed by atoms with E-state index in [9.17, 15) is 9.59 Å². The highest BCUT2D eigenvalue weighted by molar-refractivity contribution is 5.94. The molecule has 2 amide bonds. The second-order valence-electron chi connectivity index (χ2n) is 6.09. The molecule has 0 radical (unpaired) electrons. The van der Waals surface area contributed by atoms with Crippen molar-refractivity contribution in [2.45, 2.75) is 32.7 Å². The number of carbonyl (C=O) groups excluding carboxylic acids is 2. The van der Waals surface area contributed by atoms with Crippen LogP contribution in [0.5, 0.6) is 0 Å². The summed E-state index contributed by atoms with van der Waals surface area (Å²) in [5.74, 6) is -0.240. The van der Waals surface area contributed by atoms with Crippen molar-refractivity contribution >= 4 is 17.5 Å². The molecule has 1 aromatic rings. The smallest absolute Gasteiger partial charge is 0.243 e. The lowest BCUT2D eigenvalue weighted by Crippen LogP contribution is -2.40. The van der Waals surface area contributed by atoms with Crippen molar-refractivity contribution in [2.24, 2.45) is 0 Å². The largest absolute Gasteiger partial charge is 0.336 e. The van der Waals surface area contributed by atoms with E-state index in [0.29, 0.717) is 13.0 Å². The summed E-state index contributed by atoms with van der Waals surface area (Å²) in [5, 5.41) is 6.01. The summed E-state index contributed by atoms with van der Waals surface area (Å²) >= 11 is 0. The van der Waals surface area contributed by atoms with Crippen LogP contribution in [0.2, 0.25) is 0 Å². The fourth-order valence-corrected chi connectivity index (χ4v) is 1.76. The molecule has 1 rings (SSSR count). The van der Waals surface area contributed by atoms with Gasteiger partial charge in [0.25, 0.3) is 0 Å². The molecule has 0 saturated heterocycles. The third-order valence-corrected chi connectivity index (χ3v) is 2.86.